The van der Waals surface area contributed by atoms with Gasteiger partial charge in [0, 0.05) is 18.2 Å². The van der Waals surface area contributed by atoms with E-state index in [1.54, 1.807) is 0 Å². The standard InChI is InChI=1S/C18H26N2O/c1-12(17-11-14-2-6-15(17)10-14)20-18(21)9-5-13-3-7-16(19)8-4-13/h3-4,7-8,12,14-15,17H,2,5-6,9-11,19H2,1H3,(H,20,21). The second-order valence-electron chi connectivity index (χ2n) is 6.94. The maximum Gasteiger partial charge on any atom is 0.220 e. The third-order valence-corrected chi connectivity index (χ3v) is 5.44. The number of aryl methyl sites for hydroxylation is 1. The smallest absolute Gasteiger partial charge is 0.220 e. The lowest BCUT2D eigenvalue weighted by Crippen LogP contribution is -2.40. The second kappa shape index (κ2) is 6.08. The van der Waals surface area contributed by atoms with Crippen molar-refractivity contribution < 1.29 is 4.79 Å². The van der Waals surface area contributed by atoms with Crippen molar-refractivity contribution in [1.82, 2.24) is 5.32 Å². The van der Waals surface area contributed by atoms with Crippen molar-refractivity contribution in [3.8, 4) is 0 Å². The molecule has 2 saturated carbocycles. The zero-order valence-corrected chi connectivity index (χ0v) is 12.8. The first-order valence-electron chi connectivity index (χ1n) is 8.25. The Morgan fingerprint density at radius 3 is 2.67 bits per heavy atom. The average molecular weight is 286 g/mol. The molecule has 2 fully saturated rings. The Balaban J connectivity index is 1.44. The molecule has 21 heavy (non-hydrogen) atoms. The minimum absolute atomic E-state index is 0.182. The lowest BCUT2D eigenvalue weighted by Gasteiger charge is -2.28. The third-order valence-electron chi connectivity index (χ3n) is 5.44. The summed E-state index contributed by atoms with van der Waals surface area (Å²) in [6, 6.07) is 8.12. The molecule has 1 aromatic carbocycles. The highest BCUT2D eigenvalue weighted by molar-refractivity contribution is 5.76. The first-order chi connectivity index (χ1) is 10.1. The van der Waals surface area contributed by atoms with Crippen molar-refractivity contribution in [3.05, 3.63) is 29.8 Å². The van der Waals surface area contributed by atoms with Gasteiger partial charge in [-0.3, -0.25) is 4.79 Å². The van der Waals surface area contributed by atoms with Gasteiger partial charge in [-0.25, -0.2) is 0 Å². The molecular formula is C18H26N2O. The van der Waals surface area contributed by atoms with E-state index >= 15 is 0 Å². The summed E-state index contributed by atoms with van der Waals surface area (Å²) in [6.07, 6.45) is 6.87. The van der Waals surface area contributed by atoms with Crippen LogP contribution in [0.4, 0.5) is 5.69 Å². The molecule has 114 valence electrons. The summed E-state index contributed by atoms with van der Waals surface area (Å²) in [5, 5.41) is 3.22. The molecule has 1 aromatic rings. The van der Waals surface area contributed by atoms with Crippen LogP contribution in [-0.4, -0.2) is 11.9 Å². The number of rotatable bonds is 5. The predicted octanol–water partition coefficient (Wildman–Crippen LogP) is 3.14. The van der Waals surface area contributed by atoms with Gasteiger partial charge in [0.15, 0.2) is 0 Å². The highest BCUT2D eigenvalue weighted by atomic mass is 16.1. The number of nitrogens with one attached hydrogen (secondary N) is 1. The Bertz CT molecular complexity index is 496. The molecule has 2 aliphatic rings. The first-order valence-corrected chi connectivity index (χ1v) is 8.25. The highest BCUT2D eigenvalue weighted by Crippen LogP contribution is 2.49. The number of carbonyl (C=O) groups is 1. The minimum atomic E-state index is 0.182. The van der Waals surface area contributed by atoms with Gasteiger partial charge in [-0.1, -0.05) is 18.6 Å². The topological polar surface area (TPSA) is 55.1 Å². The van der Waals surface area contributed by atoms with Crippen LogP contribution in [0.3, 0.4) is 0 Å². The molecule has 3 nitrogen and oxygen atoms in total. The maximum atomic E-state index is 12.1. The van der Waals surface area contributed by atoms with Crippen LogP contribution >= 0.6 is 0 Å². The number of hydrogen-bond acceptors (Lipinski definition) is 2. The molecule has 0 aromatic heterocycles. The van der Waals surface area contributed by atoms with Crippen LogP contribution in [0.5, 0.6) is 0 Å². The summed E-state index contributed by atoms with van der Waals surface area (Å²) in [6.45, 7) is 2.19. The molecule has 0 radical (unpaired) electrons. The van der Waals surface area contributed by atoms with Crippen molar-refractivity contribution in [3.63, 3.8) is 0 Å². The van der Waals surface area contributed by atoms with E-state index in [1.807, 2.05) is 24.3 Å². The SMILES string of the molecule is CC(NC(=O)CCc1ccc(N)cc1)C1CC2CCC1C2. The van der Waals surface area contributed by atoms with Crippen LogP contribution in [0.25, 0.3) is 0 Å². The summed E-state index contributed by atoms with van der Waals surface area (Å²) in [7, 11) is 0. The summed E-state index contributed by atoms with van der Waals surface area (Å²) >= 11 is 0. The maximum absolute atomic E-state index is 12.1. The first kappa shape index (κ1) is 14.4. The predicted molar refractivity (Wildman–Crippen MR) is 85.7 cm³/mol. The van der Waals surface area contributed by atoms with E-state index < -0.39 is 0 Å². The lowest BCUT2D eigenvalue weighted by molar-refractivity contribution is -0.122. The number of nitrogens with two attached hydrogens (primary N) is 1. The molecule has 4 unspecified atom stereocenters. The molecular weight excluding hydrogens is 260 g/mol. The third kappa shape index (κ3) is 3.39. The Kier molecular flexibility index (Phi) is 4.18. The number of anilines is 1. The number of carbonyl (C=O) groups excluding carboxylic acids is 1. The lowest BCUT2D eigenvalue weighted by atomic mass is 9.84. The van der Waals surface area contributed by atoms with E-state index in [2.05, 4.69) is 12.2 Å². The monoisotopic (exact) mass is 286 g/mol. The average Bonchev–Trinajstić information content (AvgIpc) is 3.09. The molecule has 1 amide bonds. The van der Waals surface area contributed by atoms with Crippen LogP contribution < -0.4 is 11.1 Å². The van der Waals surface area contributed by atoms with Gasteiger partial charge in [0.25, 0.3) is 0 Å². The summed E-state index contributed by atoms with van der Waals surface area (Å²) in [5.74, 6) is 2.70. The fourth-order valence-corrected chi connectivity index (χ4v) is 4.28. The van der Waals surface area contributed by atoms with E-state index in [0.29, 0.717) is 18.4 Å². The number of nitrogen functional groups attached to an aromatic ring is 1. The van der Waals surface area contributed by atoms with E-state index in [9.17, 15) is 4.79 Å². The highest BCUT2D eigenvalue weighted by Gasteiger charge is 2.41. The zero-order valence-electron chi connectivity index (χ0n) is 12.8. The summed E-state index contributed by atoms with van der Waals surface area (Å²) < 4.78 is 0. The quantitative estimate of drug-likeness (QED) is 0.817. The Morgan fingerprint density at radius 1 is 1.29 bits per heavy atom. The Labute approximate surface area is 127 Å². The fraction of sp³-hybridized carbons (Fsp3) is 0.611. The van der Waals surface area contributed by atoms with Gasteiger partial charge in [-0.15, -0.1) is 0 Å². The molecule has 3 N–H and O–H groups in total. The van der Waals surface area contributed by atoms with Crippen molar-refractivity contribution in [1.29, 1.82) is 0 Å². The molecule has 2 bridgehead atoms. The molecule has 3 rings (SSSR count). The van der Waals surface area contributed by atoms with Gasteiger partial charge in [0.1, 0.15) is 0 Å². The van der Waals surface area contributed by atoms with Crippen LogP contribution in [0.2, 0.25) is 0 Å². The van der Waals surface area contributed by atoms with E-state index in [0.717, 1.165) is 23.9 Å². The van der Waals surface area contributed by atoms with E-state index in [-0.39, 0.29) is 5.91 Å². The van der Waals surface area contributed by atoms with Crippen LogP contribution in [0.15, 0.2) is 24.3 Å². The molecule has 0 saturated heterocycles. The van der Waals surface area contributed by atoms with Crippen LogP contribution in [0, 0.1) is 17.8 Å². The minimum Gasteiger partial charge on any atom is -0.399 e. The molecule has 3 heteroatoms. The van der Waals surface area contributed by atoms with Crippen LogP contribution in [-0.2, 0) is 11.2 Å². The van der Waals surface area contributed by atoms with Gasteiger partial charge in [0.05, 0.1) is 0 Å². The van der Waals surface area contributed by atoms with Gasteiger partial charge < -0.3 is 11.1 Å². The number of amides is 1. The largest absolute Gasteiger partial charge is 0.399 e. The number of fused-ring (bicyclic) bond motifs is 2. The van der Waals surface area contributed by atoms with Gasteiger partial charge in [0.2, 0.25) is 5.91 Å². The van der Waals surface area contributed by atoms with Crippen molar-refractivity contribution in [2.24, 2.45) is 17.8 Å². The van der Waals surface area contributed by atoms with Crippen molar-refractivity contribution in [2.45, 2.75) is 51.5 Å². The van der Waals surface area contributed by atoms with Crippen molar-refractivity contribution >= 4 is 11.6 Å². The fourth-order valence-electron chi connectivity index (χ4n) is 4.28. The second-order valence-corrected chi connectivity index (χ2v) is 6.94. The molecule has 0 aliphatic heterocycles. The number of hydrogen-bond donors (Lipinski definition) is 2. The Morgan fingerprint density at radius 2 is 2.05 bits per heavy atom. The van der Waals surface area contributed by atoms with Crippen molar-refractivity contribution in [2.75, 3.05) is 5.73 Å². The molecule has 4 atom stereocenters. The zero-order chi connectivity index (χ0) is 14.8. The van der Waals surface area contributed by atoms with Crippen LogP contribution in [0.1, 0.15) is 44.6 Å². The summed E-state index contributed by atoms with van der Waals surface area (Å²) in [5.41, 5.74) is 7.61. The van der Waals surface area contributed by atoms with Gasteiger partial charge in [-0.2, -0.15) is 0 Å². The number of benzene rings is 1. The molecule has 0 spiro atoms. The molecule has 0 heterocycles. The Hall–Kier alpha value is -1.51. The van der Waals surface area contributed by atoms with E-state index in [1.165, 1.54) is 31.2 Å². The summed E-state index contributed by atoms with van der Waals surface area (Å²) in [4.78, 5) is 12.1. The van der Waals surface area contributed by atoms with E-state index in [4.69, 9.17) is 5.73 Å². The normalized spacial score (nSPS) is 28.5. The van der Waals surface area contributed by atoms with Gasteiger partial charge in [-0.05, 0) is 68.1 Å². The van der Waals surface area contributed by atoms with Gasteiger partial charge >= 0.3 is 0 Å². The molecule has 2 aliphatic carbocycles.